The number of anilines is 1. The highest BCUT2D eigenvalue weighted by Gasteiger charge is 2.41. The van der Waals surface area contributed by atoms with Crippen LogP contribution in [-0.4, -0.2) is 102 Å². The monoisotopic (exact) mass is 443 g/mol. The molecule has 2 atom stereocenters. The number of fused-ring (bicyclic) bond motifs is 2. The molecule has 2 amide bonds. The minimum Gasteiger partial charge on any atom is -0.489 e. The molecule has 9 nitrogen and oxygen atoms in total. The summed E-state index contributed by atoms with van der Waals surface area (Å²) in [4.78, 5) is 36.6. The molecular formula is C18H23Cl2N5O4. The molecule has 158 valence electrons. The molecule has 0 saturated carbocycles. The lowest BCUT2D eigenvalue weighted by Crippen LogP contribution is -2.57. The van der Waals surface area contributed by atoms with E-state index in [1.165, 1.54) is 4.90 Å². The van der Waals surface area contributed by atoms with Crippen LogP contribution in [0.15, 0.2) is 0 Å². The molecule has 0 bridgehead atoms. The molecule has 2 saturated heterocycles. The maximum Gasteiger partial charge on any atom is 0.407 e. The summed E-state index contributed by atoms with van der Waals surface area (Å²) in [6.45, 7) is 5.29. The van der Waals surface area contributed by atoms with Crippen molar-refractivity contribution in [2.45, 2.75) is 19.0 Å². The van der Waals surface area contributed by atoms with Crippen molar-refractivity contribution in [1.29, 1.82) is 0 Å². The van der Waals surface area contributed by atoms with E-state index in [4.69, 9.17) is 27.9 Å². The summed E-state index contributed by atoms with van der Waals surface area (Å²) in [6, 6.07) is -0.273. The van der Waals surface area contributed by atoms with E-state index in [0.717, 1.165) is 13.1 Å². The molecule has 11 heteroatoms. The molecule has 0 radical (unpaired) electrons. The number of rotatable bonds is 1. The predicted octanol–water partition coefficient (Wildman–Crippen LogP) is 1.73. The highest BCUT2D eigenvalue weighted by Crippen LogP contribution is 2.42. The number of pyridine rings is 1. The van der Waals surface area contributed by atoms with E-state index >= 15 is 0 Å². The Hall–Kier alpha value is -1.97. The average Bonchev–Trinajstić information content (AvgIpc) is 2.82. The van der Waals surface area contributed by atoms with Crippen LogP contribution < -0.4 is 9.64 Å². The smallest absolute Gasteiger partial charge is 0.407 e. The summed E-state index contributed by atoms with van der Waals surface area (Å²) in [6.07, 6.45) is -1.01. The number of nitrogens with zero attached hydrogens (tertiary/aromatic N) is 5. The molecule has 0 spiro atoms. The number of hydrogen-bond acceptors (Lipinski definition) is 6. The van der Waals surface area contributed by atoms with Crippen LogP contribution in [0.4, 0.5) is 10.6 Å². The van der Waals surface area contributed by atoms with Crippen molar-refractivity contribution in [3.05, 3.63) is 15.7 Å². The van der Waals surface area contributed by atoms with Crippen LogP contribution in [0.2, 0.25) is 10.2 Å². The minimum absolute atomic E-state index is 0.0892. The van der Waals surface area contributed by atoms with Crippen LogP contribution in [0, 0.1) is 0 Å². The van der Waals surface area contributed by atoms with E-state index in [0.29, 0.717) is 17.9 Å². The number of piperazine rings is 2. The molecule has 4 heterocycles. The summed E-state index contributed by atoms with van der Waals surface area (Å²) < 4.78 is 5.94. The molecule has 3 aliphatic rings. The summed E-state index contributed by atoms with van der Waals surface area (Å²) in [7, 11) is 2.05. The minimum atomic E-state index is -1.01. The van der Waals surface area contributed by atoms with E-state index < -0.39 is 12.1 Å². The lowest BCUT2D eigenvalue weighted by Gasteiger charge is -2.41. The van der Waals surface area contributed by atoms with Crippen molar-refractivity contribution in [3.63, 3.8) is 0 Å². The maximum absolute atomic E-state index is 13.5. The van der Waals surface area contributed by atoms with Crippen molar-refractivity contribution in [3.8, 4) is 5.75 Å². The van der Waals surface area contributed by atoms with Crippen molar-refractivity contribution >= 4 is 41.0 Å². The van der Waals surface area contributed by atoms with Crippen molar-refractivity contribution < 1.29 is 19.4 Å². The molecule has 1 aromatic heterocycles. The van der Waals surface area contributed by atoms with Gasteiger partial charge >= 0.3 is 6.09 Å². The molecule has 0 unspecified atom stereocenters. The number of hydrogen-bond donors (Lipinski definition) is 1. The number of ether oxygens (including phenoxy) is 1. The van der Waals surface area contributed by atoms with Crippen molar-refractivity contribution in [2.75, 3.05) is 57.8 Å². The summed E-state index contributed by atoms with van der Waals surface area (Å²) in [5, 5.41) is 9.50. The summed E-state index contributed by atoms with van der Waals surface area (Å²) >= 11 is 12.7. The molecule has 1 aromatic rings. The third kappa shape index (κ3) is 3.55. The van der Waals surface area contributed by atoms with Crippen LogP contribution in [0.25, 0.3) is 0 Å². The number of aromatic nitrogens is 1. The van der Waals surface area contributed by atoms with E-state index in [1.54, 1.807) is 4.90 Å². The van der Waals surface area contributed by atoms with Gasteiger partial charge in [0.25, 0.3) is 5.91 Å². The van der Waals surface area contributed by atoms with Crippen LogP contribution >= 0.6 is 23.2 Å². The number of carboxylic acid groups (broad SMARTS) is 1. The Bertz CT molecular complexity index is 854. The number of likely N-dealkylation sites (N-methyl/N-ethyl adjacent to an activating group) is 1. The molecule has 3 aliphatic heterocycles. The quantitative estimate of drug-likeness (QED) is 0.660. The number of halogens is 2. The molecule has 1 N–H and O–H groups in total. The fourth-order valence-corrected chi connectivity index (χ4v) is 4.61. The molecule has 0 aliphatic carbocycles. The highest BCUT2D eigenvalue weighted by molar-refractivity contribution is 6.42. The highest BCUT2D eigenvalue weighted by atomic mass is 35.5. The molecule has 0 aromatic carbocycles. The fraction of sp³-hybridized carbons (Fsp3) is 0.611. The Morgan fingerprint density at radius 1 is 1.17 bits per heavy atom. The number of amides is 2. The van der Waals surface area contributed by atoms with Crippen molar-refractivity contribution in [1.82, 2.24) is 19.7 Å². The second-order valence-electron chi connectivity index (χ2n) is 7.74. The van der Waals surface area contributed by atoms with Gasteiger partial charge in [-0.2, -0.15) is 0 Å². The van der Waals surface area contributed by atoms with Gasteiger partial charge in [-0.1, -0.05) is 23.2 Å². The first-order valence-electron chi connectivity index (χ1n) is 9.53. The van der Waals surface area contributed by atoms with Gasteiger partial charge in [0.05, 0.1) is 6.04 Å². The summed E-state index contributed by atoms with van der Waals surface area (Å²) in [5.41, 5.74) is 0.307. The molecule has 29 heavy (non-hydrogen) atoms. The van der Waals surface area contributed by atoms with Crippen LogP contribution in [0.1, 0.15) is 17.3 Å². The first-order valence-corrected chi connectivity index (χ1v) is 10.3. The largest absolute Gasteiger partial charge is 0.489 e. The Labute approximate surface area is 178 Å². The lowest BCUT2D eigenvalue weighted by atomic mass is 10.1. The predicted molar refractivity (Wildman–Crippen MR) is 108 cm³/mol. The first-order chi connectivity index (χ1) is 13.8. The molecular weight excluding hydrogens is 421 g/mol. The van der Waals surface area contributed by atoms with E-state index in [9.17, 15) is 14.7 Å². The van der Waals surface area contributed by atoms with E-state index in [1.807, 2.05) is 0 Å². The van der Waals surface area contributed by atoms with Gasteiger partial charge < -0.3 is 29.4 Å². The third-order valence-corrected chi connectivity index (χ3v) is 6.51. The second kappa shape index (κ2) is 7.70. The molecule has 4 rings (SSSR count). The van der Waals surface area contributed by atoms with Gasteiger partial charge in [-0.25, -0.2) is 9.78 Å². The zero-order valence-electron chi connectivity index (χ0n) is 16.3. The number of carbonyl (C=O) groups excluding carboxylic acids is 1. The number of carbonyl (C=O) groups is 2. The standard InChI is InChI=1S/C18H23Cl2N5O4/c1-10-7-22(2)3-5-24(10)16-12-14(13(19)15(20)21-16)29-9-11-8-23(18(27)28)4-6-25(11)17(12)26/h10-11H,3-9H2,1-2H3,(H,27,28)/t10-,11+/m0/s1. The molecule has 2 fully saturated rings. The van der Waals surface area contributed by atoms with E-state index in [2.05, 4.69) is 28.8 Å². The van der Waals surface area contributed by atoms with Crippen molar-refractivity contribution in [2.24, 2.45) is 0 Å². The van der Waals surface area contributed by atoms with Gasteiger partial charge in [-0.3, -0.25) is 4.79 Å². The Kier molecular flexibility index (Phi) is 5.39. The Balaban J connectivity index is 1.75. The van der Waals surface area contributed by atoms with E-state index in [-0.39, 0.29) is 54.1 Å². The summed E-state index contributed by atoms with van der Waals surface area (Å²) in [5.74, 6) is 0.454. The second-order valence-corrected chi connectivity index (χ2v) is 8.48. The van der Waals surface area contributed by atoms with Gasteiger partial charge in [0.2, 0.25) is 0 Å². The Morgan fingerprint density at radius 2 is 1.90 bits per heavy atom. The topological polar surface area (TPSA) is 89.5 Å². The van der Waals surface area contributed by atoms with Crippen LogP contribution in [0.5, 0.6) is 5.75 Å². The van der Waals surface area contributed by atoms with Gasteiger partial charge in [0.15, 0.2) is 10.9 Å². The first kappa shape index (κ1) is 20.3. The zero-order valence-corrected chi connectivity index (χ0v) is 17.8. The maximum atomic E-state index is 13.5. The average molecular weight is 444 g/mol. The van der Waals surface area contributed by atoms with Gasteiger partial charge in [0.1, 0.15) is 23.0 Å². The van der Waals surface area contributed by atoms with Crippen LogP contribution in [0.3, 0.4) is 0 Å². The Morgan fingerprint density at radius 3 is 2.59 bits per heavy atom. The fourth-order valence-electron chi connectivity index (χ4n) is 4.26. The zero-order chi connectivity index (χ0) is 20.9. The van der Waals surface area contributed by atoms with Crippen LogP contribution in [-0.2, 0) is 0 Å². The van der Waals surface area contributed by atoms with Gasteiger partial charge in [-0.05, 0) is 14.0 Å². The lowest BCUT2D eigenvalue weighted by molar-refractivity contribution is 0.0390. The SMILES string of the molecule is C[C@H]1CN(C)CCN1c1nc(Cl)c(Cl)c2c1C(=O)N1CCN(C(=O)O)C[C@@H]1CO2. The van der Waals surface area contributed by atoms with Gasteiger partial charge in [0, 0.05) is 45.3 Å². The third-order valence-electron chi connectivity index (χ3n) is 5.79. The normalized spacial score (nSPS) is 25.2. The van der Waals surface area contributed by atoms with Gasteiger partial charge in [-0.15, -0.1) is 0 Å².